The van der Waals surface area contributed by atoms with Crippen molar-refractivity contribution in [2.24, 2.45) is 0 Å². The monoisotopic (exact) mass is 263 g/mol. The summed E-state index contributed by atoms with van der Waals surface area (Å²) in [4.78, 5) is 0.991. The quantitative estimate of drug-likeness (QED) is 0.716. The molecule has 16 heavy (non-hydrogen) atoms. The zero-order valence-electron chi connectivity index (χ0n) is 9.00. The number of hydrogen-bond donors (Lipinski definition) is 1. The molecule has 0 aromatic carbocycles. The van der Waals surface area contributed by atoms with Gasteiger partial charge in [0, 0.05) is 12.8 Å². The number of aliphatic hydroxyl groups is 1. The second-order valence-corrected chi connectivity index (χ2v) is 5.86. The molecule has 4 nitrogen and oxygen atoms in total. The summed E-state index contributed by atoms with van der Waals surface area (Å²) in [7, 11) is -3.15. The van der Waals surface area contributed by atoms with E-state index in [0.29, 0.717) is 0 Å². The van der Waals surface area contributed by atoms with Crippen LogP contribution in [0.15, 0.2) is 0 Å². The van der Waals surface area contributed by atoms with E-state index in [4.69, 9.17) is 5.11 Å². The highest BCUT2D eigenvalue weighted by Crippen LogP contribution is 2.16. The van der Waals surface area contributed by atoms with E-state index >= 15 is 0 Å². The van der Waals surface area contributed by atoms with Gasteiger partial charge in [0.15, 0.2) is 0 Å². The van der Waals surface area contributed by atoms with Crippen LogP contribution in [0.4, 0.5) is 13.2 Å². The summed E-state index contributed by atoms with van der Waals surface area (Å²) in [6, 6.07) is 0. The molecule has 0 aliphatic carbocycles. The predicted octanol–water partition coefficient (Wildman–Crippen LogP) is 0.278. The van der Waals surface area contributed by atoms with Crippen LogP contribution in [0, 0.1) is 0 Å². The van der Waals surface area contributed by atoms with Gasteiger partial charge in [0.05, 0.1) is 18.9 Å². The van der Waals surface area contributed by atoms with Crippen LogP contribution in [0.3, 0.4) is 0 Å². The third-order valence-corrected chi connectivity index (χ3v) is 2.84. The molecule has 0 heterocycles. The number of aliphatic hydroxyl groups excluding tert-OH is 1. The summed E-state index contributed by atoms with van der Waals surface area (Å²) in [6.45, 7) is -1.61. The maximum Gasteiger partial charge on any atom is 0.401 e. The van der Waals surface area contributed by atoms with E-state index in [1.807, 2.05) is 0 Å². The van der Waals surface area contributed by atoms with E-state index in [0.717, 1.165) is 11.2 Å². The van der Waals surface area contributed by atoms with Gasteiger partial charge in [0.1, 0.15) is 9.84 Å². The Balaban J connectivity index is 4.04. The standard InChI is InChI=1S/C8H16F3NO3S/c1-16(14,15)6-2-3-12(4-5-13)7-8(9,10)11/h13H,2-7H2,1H3. The Morgan fingerprint density at radius 3 is 2.19 bits per heavy atom. The van der Waals surface area contributed by atoms with Crippen molar-refractivity contribution in [2.75, 3.05) is 38.2 Å². The smallest absolute Gasteiger partial charge is 0.395 e. The van der Waals surface area contributed by atoms with Crippen LogP contribution >= 0.6 is 0 Å². The number of halogens is 3. The average Bonchev–Trinajstić information content (AvgIpc) is 1.98. The number of alkyl halides is 3. The largest absolute Gasteiger partial charge is 0.401 e. The van der Waals surface area contributed by atoms with E-state index < -0.39 is 22.6 Å². The Morgan fingerprint density at radius 1 is 1.25 bits per heavy atom. The molecule has 0 spiro atoms. The van der Waals surface area contributed by atoms with Crippen LogP contribution in [-0.2, 0) is 9.84 Å². The van der Waals surface area contributed by atoms with E-state index in [1.165, 1.54) is 0 Å². The molecule has 0 aliphatic heterocycles. The highest BCUT2D eigenvalue weighted by molar-refractivity contribution is 7.90. The van der Waals surface area contributed by atoms with Crippen molar-refractivity contribution in [3.8, 4) is 0 Å². The Labute approximate surface area is 93.0 Å². The third-order valence-electron chi connectivity index (χ3n) is 1.81. The van der Waals surface area contributed by atoms with Gasteiger partial charge < -0.3 is 5.11 Å². The summed E-state index contributed by atoms with van der Waals surface area (Å²) in [5.41, 5.74) is 0. The van der Waals surface area contributed by atoms with Crippen molar-refractivity contribution in [3.05, 3.63) is 0 Å². The maximum atomic E-state index is 12.0. The molecule has 8 heteroatoms. The molecular weight excluding hydrogens is 247 g/mol. The van der Waals surface area contributed by atoms with Crippen LogP contribution in [-0.4, -0.2) is 62.9 Å². The van der Waals surface area contributed by atoms with Gasteiger partial charge in [-0.2, -0.15) is 13.2 Å². The Hall–Kier alpha value is -0.340. The molecule has 0 aromatic rings. The van der Waals surface area contributed by atoms with E-state index in [2.05, 4.69) is 0 Å². The second-order valence-electron chi connectivity index (χ2n) is 3.60. The normalized spacial score (nSPS) is 13.4. The van der Waals surface area contributed by atoms with Crippen LogP contribution in [0.25, 0.3) is 0 Å². The topological polar surface area (TPSA) is 57.6 Å². The fourth-order valence-electron chi connectivity index (χ4n) is 1.22. The van der Waals surface area contributed by atoms with Crippen LogP contribution in [0.5, 0.6) is 0 Å². The van der Waals surface area contributed by atoms with Gasteiger partial charge in [-0.15, -0.1) is 0 Å². The lowest BCUT2D eigenvalue weighted by Crippen LogP contribution is -2.37. The van der Waals surface area contributed by atoms with Crippen LogP contribution < -0.4 is 0 Å². The highest BCUT2D eigenvalue weighted by Gasteiger charge is 2.30. The Bertz CT molecular complexity index is 289. The molecule has 0 aromatic heterocycles. The lowest BCUT2D eigenvalue weighted by molar-refractivity contribution is -0.146. The minimum absolute atomic E-state index is 0.00708. The first kappa shape index (κ1) is 15.7. The molecule has 0 bridgehead atoms. The van der Waals surface area contributed by atoms with Gasteiger partial charge in [0.25, 0.3) is 0 Å². The first-order valence-corrected chi connectivity index (χ1v) is 6.78. The molecule has 0 radical (unpaired) electrons. The molecule has 0 saturated heterocycles. The SMILES string of the molecule is CS(=O)(=O)CCCN(CCO)CC(F)(F)F. The van der Waals surface area contributed by atoms with Gasteiger partial charge >= 0.3 is 6.18 Å². The summed E-state index contributed by atoms with van der Waals surface area (Å²) < 4.78 is 57.7. The molecular formula is C8H16F3NO3S. The fraction of sp³-hybridized carbons (Fsp3) is 1.00. The first-order valence-electron chi connectivity index (χ1n) is 4.72. The molecule has 0 aliphatic rings. The first-order chi connectivity index (χ1) is 7.14. The lowest BCUT2D eigenvalue weighted by Gasteiger charge is -2.22. The van der Waals surface area contributed by atoms with E-state index in [1.54, 1.807) is 0 Å². The van der Waals surface area contributed by atoms with Gasteiger partial charge in [-0.25, -0.2) is 8.42 Å². The maximum absolute atomic E-state index is 12.0. The van der Waals surface area contributed by atoms with Gasteiger partial charge in [-0.05, 0) is 13.0 Å². The van der Waals surface area contributed by atoms with E-state index in [9.17, 15) is 21.6 Å². The van der Waals surface area contributed by atoms with Gasteiger partial charge in [-0.1, -0.05) is 0 Å². The molecule has 0 fully saturated rings. The zero-order chi connectivity index (χ0) is 12.8. The van der Waals surface area contributed by atoms with Crippen molar-refractivity contribution >= 4 is 9.84 Å². The van der Waals surface area contributed by atoms with Gasteiger partial charge in [-0.3, -0.25) is 4.90 Å². The van der Waals surface area contributed by atoms with Crippen molar-refractivity contribution in [1.82, 2.24) is 4.90 Å². The van der Waals surface area contributed by atoms with Crippen molar-refractivity contribution in [2.45, 2.75) is 12.6 Å². The van der Waals surface area contributed by atoms with Crippen molar-refractivity contribution in [1.29, 1.82) is 0 Å². The molecule has 0 rings (SSSR count). The van der Waals surface area contributed by atoms with Crippen LogP contribution in [0.1, 0.15) is 6.42 Å². The fourth-order valence-corrected chi connectivity index (χ4v) is 1.87. The molecule has 0 amide bonds. The van der Waals surface area contributed by atoms with Crippen molar-refractivity contribution in [3.63, 3.8) is 0 Å². The molecule has 0 saturated carbocycles. The van der Waals surface area contributed by atoms with Gasteiger partial charge in [0.2, 0.25) is 0 Å². The number of rotatable bonds is 7. The predicted molar refractivity (Wildman–Crippen MR) is 53.9 cm³/mol. The number of hydrogen-bond acceptors (Lipinski definition) is 4. The number of sulfone groups is 1. The minimum atomic E-state index is -4.33. The summed E-state index contributed by atoms with van der Waals surface area (Å²) in [6.07, 6.45) is -3.16. The summed E-state index contributed by atoms with van der Waals surface area (Å²) in [5.74, 6) is -0.146. The molecule has 0 atom stereocenters. The van der Waals surface area contributed by atoms with E-state index in [-0.39, 0.29) is 31.9 Å². The lowest BCUT2D eigenvalue weighted by atomic mass is 10.4. The zero-order valence-corrected chi connectivity index (χ0v) is 9.81. The summed E-state index contributed by atoms with van der Waals surface area (Å²) >= 11 is 0. The highest BCUT2D eigenvalue weighted by atomic mass is 32.2. The molecule has 1 N–H and O–H groups in total. The number of nitrogens with zero attached hydrogens (tertiary/aromatic N) is 1. The third kappa shape index (κ3) is 10.2. The van der Waals surface area contributed by atoms with Crippen LogP contribution in [0.2, 0.25) is 0 Å². The van der Waals surface area contributed by atoms with Crippen molar-refractivity contribution < 1.29 is 26.7 Å². The second kappa shape index (κ2) is 6.41. The molecule has 0 unspecified atom stereocenters. The molecule has 98 valence electrons. The minimum Gasteiger partial charge on any atom is -0.395 e. The Morgan fingerprint density at radius 2 is 1.81 bits per heavy atom. The average molecular weight is 263 g/mol. The summed E-state index contributed by atoms with van der Waals surface area (Å²) in [5, 5.41) is 8.57. The Kier molecular flexibility index (Phi) is 6.27.